The fourth-order valence-corrected chi connectivity index (χ4v) is 3.80. The van der Waals surface area contributed by atoms with Crippen molar-refractivity contribution in [3.63, 3.8) is 0 Å². The van der Waals surface area contributed by atoms with Crippen LogP contribution in [0.5, 0.6) is 0 Å². The first kappa shape index (κ1) is 20.4. The van der Waals surface area contributed by atoms with E-state index in [-0.39, 0.29) is 18.1 Å². The second-order valence-electron chi connectivity index (χ2n) is 6.72. The maximum Gasteiger partial charge on any atom is 0.417 e. The number of nitrogens with one attached hydrogen (secondary N) is 2. The molecule has 1 aromatic carbocycles. The van der Waals surface area contributed by atoms with Crippen molar-refractivity contribution in [2.75, 3.05) is 11.6 Å². The van der Waals surface area contributed by atoms with Gasteiger partial charge in [-0.2, -0.15) is 13.2 Å². The highest BCUT2D eigenvalue weighted by atomic mass is 35.5. The first-order valence-electron chi connectivity index (χ1n) is 8.87. The molecular formula is C18H15ClF4N6O. The highest BCUT2D eigenvalue weighted by Crippen LogP contribution is 2.37. The maximum absolute atomic E-state index is 13.1. The Morgan fingerprint density at radius 2 is 1.97 bits per heavy atom. The Kier molecular flexibility index (Phi) is 5.02. The number of aromatic nitrogens is 2. The SMILES string of the molecule is C[C@@H]1C2=C(CCN1C(=O)c1cccc(C(F)(F)F)c1Cl)N(c1ncc(F)cn1)NN2. The molecule has 0 unspecified atom stereocenters. The lowest BCUT2D eigenvalue weighted by Gasteiger charge is -2.34. The summed E-state index contributed by atoms with van der Waals surface area (Å²) in [6.07, 6.45) is -2.24. The second-order valence-corrected chi connectivity index (χ2v) is 7.10. The molecule has 0 aliphatic carbocycles. The summed E-state index contributed by atoms with van der Waals surface area (Å²) in [4.78, 5) is 22.3. The van der Waals surface area contributed by atoms with Gasteiger partial charge in [-0.1, -0.05) is 17.7 Å². The van der Waals surface area contributed by atoms with Gasteiger partial charge in [-0.15, -0.1) is 5.53 Å². The van der Waals surface area contributed by atoms with Crippen molar-refractivity contribution in [3.05, 3.63) is 64.0 Å². The molecule has 1 amide bonds. The van der Waals surface area contributed by atoms with Crippen LogP contribution in [-0.4, -0.2) is 33.4 Å². The molecule has 0 bridgehead atoms. The van der Waals surface area contributed by atoms with Crippen molar-refractivity contribution in [2.24, 2.45) is 0 Å². The molecule has 4 rings (SSSR count). The lowest BCUT2D eigenvalue weighted by Crippen LogP contribution is -2.46. The number of hydrogen-bond acceptors (Lipinski definition) is 6. The monoisotopic (exact) mass is 442 g/mol. The molecule has 12 heteroatoms. The van der Waals surface area contributed by atoms with Crippen molar-refractivity contribution >= 4 is 23.5 Å². The minimum atomic E-state index is -4.66. The van der Waals surface area contributed by atoms with E-state index in [0.29, 0.717) is 12.1 Å². The summed E-state index contributed by atoms with van der Waals surface area (Å²) in [5, 5.41) is 0.908. The predicted molar refractivity (Wildman–Crippen MR) is 99.3 cm³/mol. The topological polar surface area (TPSA) is 73.4 Å². The van der Waals surface area contributed by atoms with E-state index in [1.165, 1.54) is 16.0 Å². The van der Waals surface area contributed by atoms with Crippen LogP contribution in [0.4, 0.5) is 23.5 Å². The molecule has 0 radical (unpaired) electrons. The molecular weight excluding hydrogens is 428 g/mol. The molecule has 2 aliphatic heterocycles. The molecule has 1 aromatic heterocycles. The maximum atomic E-state index is 13.1. The van der Waals surface area contributed by atoms with Crippen LogP contribution >= 0.6 is 11.6 Å². The number of carbonyl (C=O) groups is 1. The van der Waals surface area contributed by atoms with Crippen LogP contribution < -0.4 is 16.0 Å². The number of benzene rings is 1. The average Bonchev–Trinajstić information content (AvgIpc) is 3.13. The third-order valence-electron chi connectivity index (χ3n) is 4.96. The van der Waals surface area contributed by atoms with E-state index >= 15 is 0 Å². The number of rotatable bonds is 2. The molecule has 0 fully saturated rings. The zero-order valence-electron chi connectivity index (χ0n) is 15.5. The van der Waals surface area contributed by atoms with E-state index in [4.69, 9.17) is 11.6 Å². The summed E-state index contributed by atoms with van der Waals surface area (Å²) in [5.41, 5.74) is 5.89. The molecule has 0 saturated heterocycles. The van der Waals surface area contributed by atoms with Gasteiger partial charge in [-0.3, -0.25) is 4.79 Å². The standard InChI is InChI=1S/C18H15ClF4N6O/c1-9-15-13(29(27-26-15)17-24-7-10(20)8-25-17)5-6-28(9)16(30)11-3-2-4-12(14(11)19)18(21,22)23/h2-4,7-9,26-27H,5-6H2,1H3/t9-/m1/s1. The normalized spacial score (nSPS) is 19.1. The smallest absolute Gasteiger partial charge is 0.330 e. The van der Waals surface area contributed by atoms with Crippen LogP contribution in [0.2, 0.25) is 5.02 Å². The molecule has 0 spiro atoms. The van der Waals surface area contributed by atoms with E-state index in [1.54, 1.807) is 6.92 Å². The van der Waals surface area contributed by atoms with Gasteiger partial charge in [0, 0.05) is 13.0 Å². The van der Waals surface area contributed by atoms with Gasteiger partial charge in [0.2, 0.25) is 5.95 Å². The Morgan fingerprint density at radius 1 is 1.27 bits per heavy atom. The third-order valence-corrected chi connectivity index (χ3v) is 5.37. The quantitative estimate of drug-likeness (QED) is 0.696. The molecule has 0 saturated carbocycles. The summed E-state index contributed by atoms with van der Waals surface area (Å²) in [7, 11) is 0. The summed E-state index contributed by atoms with van der Waals surface area (Å²) >= 11 is 5.92. The van der Waals surface area contributed by atoms with E-state index in [1.807, 2.05) is 0 Å². The highest BCUT2D eigenvalue weighted by Gasteiger charge is 2.39. The van der Waals surface area contributed by atoms with Gasteiger partial charge in [-0.25, -0.2) is 19.4 Å². The minimum Gasteiger partial charge on any atom is -0.330 e. The minimum absolute atomic E-state index is 0.210. The Morgan fingerprint density at radius 3 is 2.63 bits per heavy atom. The molecule has 7 nitrogen and oxygen atoms in total. The number of nitrogens with zero attached hydrogens (tertiary/aromatic N) is 4. The van der Waals surface area contributed by atoms with Gasteiger partial charge in [0.15, 0.2) is 5.82 Å². The van der Waals surface area contributed by atoms with Gasteiger partial charge >= 0.3 is 6.18 Å². The Balaban J connectivity index is 1.61. The summed E-state index contributed by atoms with van der Waals surface area (Å²) in [6, 6.07) is 2.77. The number of halogens is 5. The van der Waals surface area contributed by atoms with Gasteiger partial charge in [0.25, 0.3) is 5.91 Å². The molecule has 2 N–H and O–H groups in total. The van der Waals surface area contributed by atoms with Crippen molar-refractivity contribution in [1.82, 2.24) is 25.8 Å². The van der Waals surface area contributed by atoms with Crippen LogP contribution in [0, 0.1) is 5.82 Å². The number of carbonyl (C=O) groups excluding carboxylic acids is 1. The van der Waals surface area contributed by atoms with Gasteiger partial charge < -0.3 is 10.3 Å². The molecule has 2 aromatic rings. The van der Waals surface area contributed by atoms with Crippen LogP contribution in [0.15, 0.2) is 42.0 Å². The second kappa shape index (κ2) is 7.40. The first-order chi connectivity index (χ1) is 14.2. The Hall–Kier alpha value is -2.92. The predicted octanol–water partition coefficient (Wildman–Crippen LogP) is 3.26. The van der Waals surface area contributed by atoms with Gasteiger partial charge in [-0.05, 0) is 19.1 Å². The number of hydrazine groups is 2. The van der Waals surface area contributed by atoms with Crippen molar-refractivity contribution < 1.29 is 22.4 Å². The summed E-state index contributed by atoms with van der Waals surface area (Å²) < 4.78 is 52.5. The Bertz CT molecular complexity index is 1030. The van der Waals surface area contributed by atoms with Gasteiger partial charge in [0.05, 0.1) is 46.0 Å². The molecule has 3 heterocycles. The molecule has 2 aliphatic rings. The van der Waals surface area contributed by atoms with E-state index in [2.05, 4.69) is 20.9 Å². The summed E-state index contributed by atoms with van der Waals surface area (Å²) in [5.74, 6) is -0.975. The number of hydrogen-bond donors (Lipinski definition) is 2. The van der Waals surface area contributed by atoms with Crippen LogP contribution in [0.3, 0.4) is 0 Å². The zero-order valence-corrected chi connectivity index (χ0v) is 16.2. The van der Waals surface area contributed by atoms with Crippen LogP contribution in [0.1, 0.15) is 29.3 Å². The lowest BCUT2D eigenvalue weighted by atomic mass is 10.0. The molecule has 1 atom stereocenters. The van der Waals surface area contributed by atoms with Crippen molar-refractivity contribution in [2.45, 2.75) is 25.6 Å². The first-order valence-corrected chi connectivity index (χ1v) is 9.25. The Labute approximate surface area is 173 Å². The molecule has 158 valence electrons. The average molecular weight is 443 g/mol. The number of amides is 1. The van der Waals surface area contributed by atoms with Crippen molar-refractivity contribution in [3.8, 4) is 0 Å². The van der Waals surface area contributed by atoms with Crippen molar-refractivity contribution in [1.29, 1.82) is 0 Å². The zero-order chi connectivity index (χ0) is 21.6. The van der Waals surface area contributed by atoms with E-state index in [0.717, 1.165) is 30.2 Å². The number of alkyl halides is 3. The summed E-state index contributed by atoms with van der Waals surface area (Å²) in [6.45, 7) is 1.96. The van der Waals surface area contributed by atoms with Gasteiger partial charge in [0.1, 0.15) is 0 Å². The van der Waals surface area contributed by atoms with Crippen LogP contribution in [0.25, 0.3) is 0 Å². The highest BCUT2D eigenvalue weighted by molar-refractivity contribution is 6.34. The lowest BCUT2D eigenvalue weighted by molar-refractivity contribution is -0.137. The van der Waals surface area contributed by atoms with E-state index in [9.17, 15) is 22.4 Å². The molecule has 30 heavy (non-hydrogen) atoms. The largest absolute Gasteiger partial charge is 0.417 e. The fourth-order valence-electron chi connectivity index (χ4n) is 3.48. The fraction of sp³-hybridized carbons (Fsp3) is 0.278. The third kappa shape index (κ3) is 3.43. The van der Waals surface area contributed by atoms with E-state index < -0.39 is 34.5 Å². The number of anilines is 1. The van der Waals surface area contributed by atoms with Crippen LogP contribution in [-0.2, 0) is 6.18 Å².